The van der Waals surface area contributed by atoms with E-state index in [1.807, 2.05) is 0 Å². The molecular formula is C13H11Cl2NO3. The summed E-state index contributed by atoms with van der Waals surface area (Å²) >= 11 is 11.9. The third kappa shape index (κ3) is 3.29. The third-order valence-electron chi connectivity index (χ3n) is 2.58. The molecule has 0 saturated heterocycles. The van der Waals surface area contributed by atoms with E-state index in [1.54, 1.807) is 30.3 Å². The highest BCUT2D eigenvalue weighted by Gasteiger charge is 2.16. The van der Waals surface area contributed by atoms with Crippen LogP contribution in [0.5, 0.6) is 0 Å². The van der Waals surface area contributed by atoms with Crippen LogP contribution in [0.15, 0.2) is 34.7 Å². The first-order valence-electron chi connectivity index (χ1n) is 5.50. The molecule has 6 heteroatoms. The maximum atomic E-state index is 10.6. The maximum Gasteiger partial charge on any atom is 0.305 e. The van der Waals surface area contributed by atoms with E-state index in [0.29, 0.717) is 27.1 Å². The van der Waals surface area contributed by atoms with E-state index in [9.17, 15) is 4.79 Å². The predicted octanol–water partition coefficient (Wildman–Crippen LogP) is 3.73. The predicted molar refractivity (Wildman–Crippen MR) is 73.3 cm³/mol. The molecule has 2 aromatic rings. The van der Waals surface area contributed by atoms with Crippen molar-refractivity contribution >= 4 is 29.2 Å². The Hall–Kier alpha value is -1.49. The summed E-state index contributed by atoms with van der Waals surface area (Å²) in [5.74, 6) is -0.0455. The lowest BCUT2D eigenvalue weighted by molar-refractivity contribution is -0.137. The van der Waals surface area contributed by atoms with Crippen molar-refractivity contribution in [1.82, 2.24) is 0 Å². The molecule has 2 rings (SSSR count). The average molecular weight is 300 g/mol. The van der Waals surface area contributed by atoms with Crippen LogP contribution in [0.4, 0.5) is 0 Å². The van der Waals surface area contributed by atoms with Crippen molar-refractivity contribution in [3.63, 3.8) is 0 Å². The fraction of sp³-hybridized carbons (Fsp3) is 0.154. The number of furan rings is 1. The normalized spacial score (nSPS) is 12.4. The van der Waals surface area contributed by atoms with Crippen LogP contribution < -0.4 is 5.73 Å². The minimum Gasteiger partial charge on any atom is -0.481 e. The van der Waals surface area contributed by atoms with Gasteiger partial charge < -0.3 is 15.3 Å². The van der Waals surface area contributed by atoms with E-state index in [-0.39, 0.29) is 6.42 Å². The first-order chi connectivity index (χ1) is 8.97. The summed E-state index contributed by atoms with van der Waals surface area (Å²) in [6.45, 7) is 0. The van der Waals surface area contributed by atoms with Crippen molar-refractivity contribution in [3.05, 3.63) is 46.1 Å². The van der Waals surface area contributed by atoms with Crippen LogP contribution >= 0.6 is 23.2 Å². The fourth-order valence-corrected chi connectivity index (χ4v) is 2.18. The molecule has 0 fully saturated rings. The Bertz CT molecular complexity index is 610. The number of hydrogen-bond donors (Lipinski definition) is 2. The molecule has 1 aromatic heterocycles. The van der Waals surface area contributed by atoms with Gasteiger partial charge in [0.2, 0.25) is 0 Å². The number of carboxylic acid groups (broad SMARTS) is 1. The van der Waals surface area contributed by atoms with Gasteiger partial charge in [0.05, 0.1) is 17.5 Å². The standard InChI is InChI=1S/C13H11Cl2NO3/c14-7-1-2-8(9(15)5-7)11-3-4-12(19-11)10(16)6-13(17)18/h1-5,10H,6,16H2,(H,17,18). The van der Waals surface area contributed by atoms with E-state index in [4.69, 9.17) is 38.5 Å². The molecule has 100 valence electrons. The topological polar surface area (TPSA) is 76.5 Å². The lowest BCUT2D eigenvalue weighted by atomic mass is 10.1. The van der Waals surface area contributed by atoms with Gasteiger partial charge in [0.15, 0.2) is 0 Å². The van der Waals surface area contributed by atoms with E-state index >= 15 is 0 Å². The number of carbonyl (C=O) groups is 1. The monoisotopic (exact) mass is 299 g/mol. The van der Waals surface area contributed by atoms with Crippen LogP contribution in [0, 0.1) is 0 Å². The zero-order valence-corrected chi connectivity index (χ0v) is 11.3. The number of rotatable bonds is 4. The molecule has 0 spiro atoms. The Morgan fingerprint density at radius 2 is 2.05 bits per heavy atom. The summed E-state index contributed by atoms with van der Waals surface area (Å²) in [5, 5.41) is 9.68. The summed E-state index contributed by atoms with van der Waals surface area (Å²) < 4.78 is 5.54. The Balaban J connectivity index is 2.28. The minimum absolute atomic E-state index is 0.193. The van der Waals surface area contributed by atoms with Gasteiger partial charge in [-0.1, -0.05) is 23.2 Å². The first kappa shape index (κ1) is 13.9. The van der Waals surface area contributed by atoms with Gasteiger partial charge in [-0.3, -0.25) is 4.79 Å². The molecule has 0 aliphatic carbocycles. The van der Waals surface area contributed by atoms with Crippen molar-refractivity contribution in [1.29, 1.82) is 0 Å². The molecule has 1 heterocycles. The summed E-state index contributed by atoms with van der Waals surface area (Å²) in [6, 6.07) is 7.70. The van der Waals surface area contributed by atoms with Gasteiger partial charge in [-0.2, -0.15) is 0 Å². The van der Waals surface area contributed by atoms with Crippen LogP contribution in [0.25, 0.3) is 11.3 Å². The Morgan fingerprint density at radius 3 is 2.68 bits per heavy atom. The Kier molecular flexibility index (Phi) is 4.14. The molecule has 0 saturated carbocycles. The number of carboxylic acids is 1. The van der Waals surface area contributed by atoms with Crippen LogP contribution in [-0.4, -0.2) is 11.1 Å². The second-order valence-corrected chi connectivity index (χ2v) is 4.87. The van der Waals surface area contributed by atoms with E-state index < -0.39 is 12.0 Å². The van der Waals surface area contributed by atoms with Crippen LogP contribution in [0.1, 0.15) is 18.2 Å². The summed E-state index contributed by atoms with van der Waals surface area (Å²) in [4.78, 5) is 10.6. The molecule has 0 bridgehead atoms. The summed E-state index contributed by atoms with van der Waals surface area (Å²) in [6.07, 6.45) is -0.193. The molecule has 0 radical (unpaired) electrons. The highest BCUT2D eigenvalue weighted by Crippen LogP contribution is 2.32. The van der Waals surface area contributed by atoms with Crippen molar-refractivity contribution in [2.75, 3.05) is 0 Å². The fourth-order valence-electron chi connectivity index (χ4n) is 1.67. The number of hydrogen-bond acceptors (Lipinski definition) is 3. The van der Waals surface area contributed by atoms with E-state index in [1.165, 1.54) is 0 Å². The summed E-state index contributed by atoms with van der Waals surface area (Å²) in [5.41, 5.74) is 6.40. The Morgan fingerprint density at radius 1 is 1.32 bits per heavy atom. The molecule has 1 unspecified atom stereocenters. The third-order valence-corrected chi connectivity index (χ3v) is 3.13. The maximum absolute atomic E-state index is 10.6. The van der Waals surface area contributed by atoms with Gasteiger partial charge >= 0.3 is 5.97 Å². The van der Waals surface area contributed by atoms with Gasteiger partial charge in [-0.15, -0.1) is 0 Å². The second kappa shape index (κ2) is 5.65. The van der Waals surface area contributed by atoms with E-state index in [0.717, 1.165) is 0 Å². The van der Waals surface area contributed by atoms with Crippen LogP contribution in [0.3, 0.4) is 0 Å². The van der Waals surface area contributed by atoms with Gasteiger partial charge in [-0.25, -0.2) is 0 Å². The van der Waals surface area contributed by atoms with Crippen molar-refractivity contribution in [3.8, 4) is 11.3 Å². The lowest BCUT2D eigenvalue weighted by Crippen LogP contribution is -2.14. The van der Waals surface area contributed by atoms with Crippen molar-refractivity contribution in [2.45, 2.75) is 12.5 Å². The first-order valence-corrected chi connectivity index (χ1v) is 6.25. The second-order valence-electron chi connectivity index (χ2n) is 4.03. The van der Waals surface area contributed by atoms with Gasteiger partial charge in [0.1, 0.15) is 11.5 Å². The van der Waals surface area contributed by atoms with E-state index in [2.05, 4.69) is 0 Å². The molecule has 0 aliphatic rings. The van der Waals surface area contributed by atoms with Crippen LogP contribution in [0.2, 0.25) is 10.0 Å². The molecule has 0 aliphatic heterocycles. The largest absolute Gasteiger partial charge is 0.481 e. The molecule has 19 heavy (non-hydrogen) atoms. The van der Waals surface area contributed by atoms with Gasteiger partial charge in [0, 0.05) is 10.6 Å². The highest BCUT2D eigenvalue weighted by atomic mass is 35.5. The Labute approximate surface area is 119 Å². The number of nitrogens with two attached hydrogens (primary N) is 1. The molecule has 1 atom stereocenters. The SMILES string of the molecule is NC(CC(=O)O)c1ccc(-c2ccc(Cl)cc2Cl)o1. The quantitative estimate of drug-likeness (QED) is 0.902. The van der Waals surface area contributed by atoms with Crippen LogP contribution in [-0.2, 0) is 4.79 Å². The summed E-state index contributed by atoms with van der Waals surface area (Å²) in [7, 11) is 0. The van der Waals surface area contributed by atoms with Gasteiger partial charge in [0.25, 0.3) is 0 Å². The molecule has 0 amide bonds. The minimum atomic E-state index is -0.977. The van der Waals surface area contributed by atoms with Gasteiger partial charge in [-0.05, 0) is 30.3 Å². The molecule has 3 N–H and O–H groups in total. The molecule has 4 nitrogen and oxygen atoms in total. The number of aliphatic carboxylic acids is 1. The lowest BCUT2D eigenvalue weighted by Gasteiger charge is -2.05. The molecule has 1 aromatic carbocycles. The highest BCUT2D eigenvalue weighted by molar-refractivity contribution is 6.36. The average Bonchev–Trinajstić information content (AvgIpc) is 2.77. The van der Waals surface area contributed by atoms with Crippen molar-refractivity contribution < 1.29 is 14.3 Å². The zero-order chi connectivity index (χ0) is 14.0. The molecular weight excluding hydrogens is 289 g/mol. The zero-order valence-electron chi connectivity index (χ0n) is 9.77. The number of benzene rings is 1. The smallest absolute Gasteiger partial charge is 0.305 e. The number of halogens is 2. The van der Waals surface area contributed by atoms with Crippen molar-refractivity contribution in [2.24, 2.45) is 5.73 Å².